The van der Waals surface area contributed by atoms with Crippen LogP contribution in [0, 0.1) is 11.3 Å². The lowest BCUT2D eigenvalue weighted by Crippen LogP contribution is -2.50. The van der Waals surface area contributed by atoms with Gasteiger partial charge in [-0.15, -0.1) is 0 Å². The molecule has 1 unspecified atom stereocenters. The molecule has 3 heteroatoms. The summed E-state index contributed by atoms with van der Waals surface area (Å²) in [6.07, 6.45) is 9.54. The highest BCUT2D eigenvalue weighted by atomic mass is 16.5. The van der Waals surface area contributed by atoms with E-state index in [1.54, 1.807) is 0 Å². The molecule has 0 aromatic rings. The summed E-state index contributed by atoms with van der Waals surface area (Å²) in [5, 5.41) is 0. The first kappa shape index (κ1) is 12.9. The molecular formula is C15H28N2O. The minimum Gasteiger partial charge on any atom is -0.381 e. The summed E-state index contributed by atoms with van der Waals surface area (Å²) in [6, 6.07) is 0.847. The topological polar surface area (TPSA) is 38.5 Å². The first-order valence-electron chi connectivity index (χ1n) is 7.86. The van der Waals surface area contributed by atoms with Crippen molar-refractivity contribution in [3.63, 3.8) is 0 Å². The molecule has 1 saturated carbocycles. The van der Waals surface area contributed by atoms with Gasteiger partial charge in [0.05, 0.1) is 0 Å². The molecule has 0 bridgehead atoms. The zero-order valence-electron chi connectivity index (χ0n) is 11.6. The Labute approximate surface area is 111 Å². The van der Waals surface area contributed by atoms with Crippen LogP contribution < -0.4 is 5.73 Å². The summed E-state index contributed by atoms with van der Waals surface area (Å²) in [6.45, 7) is 5.45. The number of hydrogen-bond donors (Lipinski definition) is 1. The maximum atomic E-state index is 5.80. The van der Waals surface area contributed by atoms with Crippen molar-refractivity contribution in [1.29, 1.82) is 0 Å². The van der Waals surface area contributed by atoms with Crippen molar-refractivity contribution < 1.29 is 4.74 Å². The average Bonchev–Trinajstić information content (AvgIpc) is 2.83. The molecule has 0 radical (unpaired) electrons. The van der Waals surface area contributed by atoms with Crippen molar-refractivity contribution in [3.05, 3.63) is 0 Å². The molecule has 2 saturated heterocycles. The van der Waals surface area contributed by atoms with E-state index in [4.69, 9.17) is 10.5 Å². The maximum absolute atomic E-state index is 5.80. The van der Waals surface area contributed by atoms with E-state index in [0.29, 0.717) is 5.41 Å². The van der Waals surface area contributed by atoms with Crippen molar-refractivity contribution >= 4 is 0 Å². The van der Waals surface area contributed by atoms with Crippen LogP contribution in [0.5, 0.6) is 0 Å². The zero-order chi connectivity index (χ0) is 12.4. The molecule has 18 heavy (non-hydrogen) atoms. The highest BCUT2D eigenvalue weighted by Crippen LogP contribution is 2.48. The fraction of sp³-hybridized carbons (Fsp3) is 1.00. The van der Waals surface area contributed by atoms with Gasteiger partial charge in [0.15, 0.2) is 0 Å². The van der Waals surface area contributed by atoms with Crippen LogP contribution in [0.1, 0.15) is 44.9 Å². The van der Waals surface area contributed by atoms with Crippen LogP contribution in [0.25, 0.3) is 0 Å². The third-order valence-corrected chi connectivity index (χ3v) is 5.77. The molecule has 3 fully saturated rings. The second-order valence-electron chi connectivity index (χ2n) is 6.60. The molecule has 3 nitrogen and oxygen atoms in total. The molecule has 1 spiro atoms. The van der Waals surface area contributed by atoms with E-state index in [9.17, 15) is 0 Å². The van der Waals surface area contributed by atoms with Gasteiger partial charge >= 0.3 is 0 Å². The number of nitrogens with two attached hydrogens (primary N) is 1. The van der Waals surface area contributed by atoms with Gasteiger partial charge < -0.3 is 10.5 Å². The first-order chi connectivity index (χ1) is 8.84. The standard InChI is InChI=1S/C15H28N2O/c16-12-13-3-8-17(9-4-13)14-2-1-5-15(14)6-10-18-11-7-15/h13-14H,1-12,16H2. The molecule has 1 aliphatic carbocycles. The number of rotatable bonds is 2. The van der Waals surface area contributed by atoms with Crippen LogP contribution in [-0.4, -0.2) is 43.8 Å². The molecule has 0 aromatic carbocycles. The van der Waals surface area contributed by atoms with Gasteiger partial charge in [-0.25, -0.2) is 0 Å². The molecule has 0 amide bonds. The van der Waals surface area contributed by atoms with Gasteiger partial charge in [0.25, 0.3) is 0 Å². The second-order valence-corrected chi connectivity index (χ2v) is 6.60. The Morgan fingerprint density at radius 3 is 2.44 bits per heavy atom. The predicted octanol–water partition coefficient (Wildman–Crippen LogP) is 2.01. The third kappa shape index (κ3) is 2.33. The van der Waals surface area contributed by atoms with Crippen LogP contribution in [0.4, 0.5) is 0 Å². The van der Waals surface area contributed by atoms with E-state index in [1.807, 2.05) is 0 Å². The molecular weight excluding hydrogens is 224 g/mol. The Balaban J connectivity index is 1.64. The van der Waals surface area contributed by atoms with Gasteiger partial charge in [-0.1, -0.05) is 6.42 Å². The lowest BCUT2D eigenvalue weighted by Gasteiger charge is -2.46. The summed E-state index contributed by atoms with van der Waals surface area (Å²) in [5.74, 6) is 0.785. The fourth-order valence-electron chi connectivity index (χ4n) is 4.55. The Morgan fingerprint density at radius 2 is 1.78 bits per heavy atom. The van der Waals surface area contributed by atoms with Crippen LogP contribution >= 0.6 is 0 Å². The van der Waals surface area contributed by atoms with Gasteiger partial charge in [-0.3, -0.25) is 4.90 Å². The molecule has 2 heterocycles. The third-order valence-electron chi connectivity index (χ3n) is 5.77. The van der Waals surface area contributed by atoms with E-state index in [0.717, 1.165) is 31.7 Å². The Hall–Kier alpha value is -0.120. The molecule has 2 aliphatic heterocycles. The number of ether oxygens (including phenoxy) is 1. The summed E-state index contributed by atoms with van der Waals surface area (Å²) >= 11 is 0. The SMILES string of the molecule is NCC1CCN(C2CCCC23CCOCC3)CC1. The molecule has 3 aliphatic rings. The van der Waals surface area contributed by atoms with Crippen molar-refractivity contribution in [2.45, 2.75) is 51.0 Å². The quantitative estimate of drug-likeness (QED) is 0.817. The first-order valence-corrected chi connectivity index (χ1v) is 7.86. The number of nitrogens with zero attached hydrogens (tertiary/aromatic N) is 1. The smallest absolute Gasteiger partial charge is 0.0471 e. The van der Waals surface area contributed by atoms with Gasteiger partial charge in [0.1, 0.15) is 0 Å². The van der Waals surface area contributed by atoms with Crippen molar-refractivity contribution in [3.8, 4) is 0 Å². The normalized spacial score (nSPS) is 34.2. The molecule has 3 rings (SSSR count). The minimum atomic E-state index is 0.605. The Morgan fingerprint density at radius 1 is 1.06 bits per heavy atom. The van der Waals surface area contributed by atoms with E-state index < -0.39 is 0 Å². The summed E-state index contributed by atoms with van der Waals surface area (Å²) in [4.78, 5) is 2.80. The van der Waals surface area contributed by atoms with Crippen molar-refractivity contribution in [2.24, 2.45) is 17.1 Å². The van der Waals surface area contributed by atoms with Crippen LogP contribution in [0.2, 0.25) is 0 Å². The highest BCUT2D eigenvalue weighted by molar-refractivity contribution is 4.99. The van der Waals surface area contributed by atoms with Crippen molar-refractivity contribution in [1.82, 2.24) is 4.90 Å². The van der Waals surface area contributed by atoms with Crippen molar-refractivity contribution in [2.75, 3.05) is 32.8 Å². The van der Waals surface area contributed by atoms with Gasteiger partial charge in [-0.2, -0.15) is 0 Å². The average molecular weight is 252 g/mol. The highest BCUT2D eigenvalue weighted by Gasteiger charge is 2.46. The van der Waals surface area contributed by atoms with E-state index >= 15 is 0 Å². The lowest BCUT2D eigenvalue weighted by molar-refractivity contribution is -0.0325. The summed E-state index contributed by atoms with van der Waals surface area (Å²) < 4.78 is 5.59. The van der Waals surface area contributed by atoms with E-state index in [1.165, 1.54) is 58.0 Å². The Bertz CT molecular complexity index is 268. The summed E-state index contributed by atoms with van der Waals surface area (Å²) in [7, 11) is 0. The van der Waals surface area contributed by atoms with Gasteiger partial charge in [0, 0.05) is 19.3 Å². The molecule has 2 N–H and O–H groups in total. The van der Waals surface area contributed by atoms with Gasteiger partial charge in [-0.05, 0) is 69.5 Å². The van der Waals surface area contributed by atoms with E-state index in [2.05, 4.69) is 4.90 Å². The maximum Gasteiger partial charge on any atom is 0.0471 e. The zero-order valence-corrected chi connectivity index (χ0v) is 11.6. The molecule has 104 valence electrons. The van der Waals surface area contributed by atoms with Crippen LogP contribution in [0.15, 0.2) is 0 Å². The lowest BCUT2D eigenvalue weighted by atomic mass is 9.74. The molecule has 1 atom stereocenters. The van der Waals surface area contributed by atoms with Crippen LogP contribution in [0.3, 0.4) is 0 Å². The largest absolute Gasteiger partial charge is 0.381 e. The van der Waals surface area contributed by atoms with Crippen LogP contribution in [-0.2, 0) is 4.74 Å². The fourth-order valence-corrected chi connectivity index (χ4v) is 4.55. The van der Waals surface area contributed by atoms with Gasteiger partial charge in [0.2, 0.25) is 0 Å². The summed E-state index contributed by atoms with van der Waals surface area (Å²) in [5.41, 5.74) is 6.41. The molecule has 0 aromatic heterocycles. The number of hydrogen-bond acceptors (Lipinski definition) is 3. The number of likely N-dealkylation sites (tertiary alicyclic amines) is 1. The minimum absolute atomic E-state index is 0.605. The Kier molecular flexibility index (Phi) is 3.92. The predicted molar refractivity (Wildman–Crippen MR) is 73.5 cm³/mol. The number of piperidine rings is 1. The monoisotopic (exact) mass is 252 g/mol. The van der Waals surface area contributed by atoms with E-state index in [-0.39, 0.29) is 0 Å². The second kappa shape index (κ2) is 5.48.